The van der Waals surface area contributed by atoms with Gasteiger partial charge in [-0.05, 0) is 17.7 Å². The number of anilines is 1. The molecule has 1 unspecified atom stereocenters. The van der Waals surface area contributed by atoms with Crippen LogP contribution < -0.4 is 4.90 Å². The molecule has 0 spiro atoms. The zero-order valence-electron chi connectivity index (χ0n) is 10.9. The van der Waals surface area contributed by atoms with Crippen molar-refractivity contribution in [3.8, 4) is 0 Å². The maximum Gasteiger partial charge on any atom is 0.327 e. The Morgan fingerprint density at radius 3 is 2.76 bits per heavy atom. The highest BCUT2D eigenvalue weighted by Crippen LogP contribution is 2.34. The summed E-state index contributed by atoms with van der Waals surface area (Å²) in [4.78, 5) is 29.3. The first-order valence-electron chi connectivity index (χ1n) is 6.33. The van der Waals surface area contributed by atoms with Crippen molar-refractivity contribution in [2.45, 2.75) is 12.5 Å². The highest BCUT2D eigenvalue weighted by Gasteiger charge is 2.39. The maximum absolute atomic E-state index is 12.7. The molecule has 0 radical (unpaired) electrons. The van der Waals surface area contributed by atoms with Gasteiger partial charge in [0.05, 0.1) is 10.6 Å². The normalized spacial score (nSPS) is 16.6. The van der Waals surface area contributed by atoms with Crippen molar-refractivity contribution in [3.63, 3.8) is 0 Å². The van der Waals surface area contributed by atoms with Crippen LogP contribution in [0.3, 0.4) is 0 Å². The number of pyridine rings is 1. The Labute approximate surface area is 125 Å². The average molecular weight is 303 g/mol. The molecule has 106 valence electrons. The summed E-state index contributed by atoms with van der Waals surface area (Å²) in [5.74, 6) is -1.50. The molecule has 6 heteroatoms. The molecule has 0 bridgehead atoms. The van der Waals surface area contributed by atoms with Crippen LogP contribution in [0.5, 0.6) is 0 Å². The minimum Gasteiger partial charge on any atom is -0.480 e. The molecule has 3 rings (SSSR count). The number of carbonyl (C=O) groups excluding carboxylic acids is 1. The number of amides is 1. The van der Waals surface area contributed by atoms with Gasteiger partial charge in [-0.2, -0.15) is 0 Å². The van der Waals surface area contributed by atoms with E-state index in [-0.39, 0.29) is 17.0 Å². The first-order valence-corrected chi connectivity index (χ1v) is 6.71. The molecule has 5 nitrogen and oxygen atoms in total. The standard InChI is InChI=1S/C15H11ClN2O3/c16-11-5-6-17-8-10(11)14(19)18-12-4-2-1-3-9(12)7-13(18)15(20)21/h1-6,8,13H,7H2,(H,20,21). The highest BCUT2D eigenvalue weighted by atomic mass is 35.5. The summed E-state index contributed by atoms with van der Waals surface area (Å²) < 4.78 is 0. The highest BCUT2D eigenvalue weighted by molar-refractivity contribution is 6.34. The number of benzene rings is 1. The fourth-order valence-electron chi connectivity index (χ4n) is 2.50. The van der Waals surface area contributed by atoms with Crippen LogP contribution in [0.2, 0.25) is 5.02 Å². The second kappa shape index (κ2) is 5.18. The summed E-state index contributed by atoms with van der Waals surface area (Å²) in [5.41, 5.74) is 1.63. The van der Waals surface area contributed by atoms with Gasteiger partial charge in [-0.1, -0.05) is 29.8 Å². The molecule has 1 aromatic carbocycles. The van der Waals surface area contributed by atoms with Crippen molar-refractivity contribution in [3.05, 3.63) is 58.9 Å². The molecule has 1 aromatic heterocycles. The van der Waals surface area contributed by atoms with Crippen molar-refractivity contribution < 1.29 is 14.7 Å². The second-order valence-electron chi connectivity index (χ2n) is 4.72. The van der Waals surface area contributed by atoms with Crippen LogP contribution in [0.1, 0.15) is 15.9 Å². The Hall–Kier alpha value is -2.40. The van der Waals surface area contributed by atoms with Gasteiger partial charge in [-0.15, -0.1) is 0 Å². The average Bonchev–Trinajstić information content (AvgIpc) is 2.86. The van der Waals surface area contributed by atoms with Crippen LogP contribution in [-0.2, 0) is 11.2 Å². The molecule has 1 atom stereocenters. The van der Waals surface area contributed by atoms with Crippen LogP contribution in [0.4, 0.5) is 5.69 Å². The van der Waals surface area contributed by atoms with E-state index >= 15 is 0 Å². The van der Waals surface area contributed by atoms with Crippen LogP contribution in [0.25, 0.3) is 0 Å². The maximum atomic E-state index is 12.7. The van der Waals surface area contributed by atoms with Crippen LogP contribution in [0.15, 0.2) is 42.7 Å². The van der Waals surface area contributed by atoms with Gasteiger partial charge in [0, 0.05) is 24.5 Å². The first kappa shape index (κ1) is 13.6. The molecule has 0 saturated carbocycles. The molecule has 2 heterocycles. The topological polar surface area (TPSA) is 70.5 Å². The van der Waals surface area contributed by atoms with Gasteiger partial charge in [0.1, 0.15) is 6.04 Å². The summed E-state index contributed by atoms with van der Waals surface area (Å²) in [6.45, 7) is 0. The third-order valence-electron chi connectivity index (χ3n) is 3.48. The van der Waals surface area contributed by atoms with Gasteiger partial charge in [0.2, 0.25) is 0 Å². The second-order valence-corrected chi connectivity index (χ2v) is 5.12. The van der Waals surface area contributed by atoms with E-state index in [1.54, 1.807) is 12.1 Å². The molecule has 0 aliphatic carbocycles. The van der Waals surface area contributed by atoms with E-state index in [9.17, 15) is 14.7 Å². The summed E-state index contributed by atoms with van der Waals surface area (Å²) >= 11 is 6.02. The van der Waals surface area contributed by atoms with Gasteiger partial charge in [-0.3, -0.25) is 14.7 Å². The molecular formula is C15H11ClN2O3. The van der Waals surface area contributed by atoms with Gasteiger partial charge in [0.15, 0.2) is 0 Å². The third-order valence-corrected chi connectivity index (χ3v) is 3.81. The lowest BCUT2D eigenvalue weighted by Crippen LogP contribution is -2.43. The van der Waals surface area contributed by atoms with Crippen LogP contribution in [-0.4, -0.2) is 28.0 Å². The van der Waals surface area contributed by atoms with Gasteiger partial charge in [0.25, 0.3) is 5.91 Å². The Morgan fingerprint density at radius 2 is 2.05 bits per heavy atom. The number of hydrogen-bond acceptors (Lipinski definition) is 3. The van der Waals surface area contributed by atoms with E-state index in [0.717, 1.165) is 5.56 Å². The predicted octanol–water partition coefficient (Wildman–Crippen LogP) is 2.39. The van der Waals surface area contributed by atoms with E-state index in [1.807, 2.05) is 12.1 Å². The van der Waals surface area contributed by atoms with E-state index in [2.05, 4.69) is 4.98 Å². The number of hydrogen-bond donors (Lipinski definition) is 1. The number of carboxylic acid groups (broad SMARTS) is 1. The van der Waals surface area contributed by atoms with Crippen molar-refractivity contribution in [1.82, 2.24) is 4.98 Å². The van der Waals surface area contributed by atoms with Gasteiger partial charge in [-0.25, -0.2) is 4.79 Å². The van der Waals surface area contributed by atoms with Gasteiger partial charge >= 0.3 is 5.97 Å². The van der Waals surface area contributed by atoms with Crippen molar-refractivity contribution in [1.29, 1.82) is 0 Å². The predicted molar refractivity (Wildman–Crippen MR) is 77.6 cm³/mol. The Kier molecular flexibility index (Phi) is 3.35. The number of nitrogens with zero attached hydrogens (tertiary/aromatic N) is 2. The lowest BCUT2D eigenvalue weighted by molar-refractivity contribution is -0.138. The molecule has 0 fully saturated rings. The summed E-state index contributed by atoms with van der Waals surface area (Å²) in [7, 11) is 0. The molecule has 1 amide bonds. The summed E-state index contributed by atoms with van der Waals surface area (Å²) in [6, 6.07) is 7.74. The van der Waals surface area contributed by atoms with Crippen LogP contribution in [0, 0.1) is 0 Å². The number of carbonyl (C=O) groups is 2. The largest absolute Gasteiger partial charge is 0.480 e. The monoisotopic (exact) mass is 302 g/mol. The molecule has 2 aromatic rings. The number of halogens is 1. The minimum atomic E-state index is -1.04. The quantitative estimate of drug-likeness (QED) is 0.924. The number of aromatic nitrogens is 1. The van der Waals surface area contributed by atoms with E-state index in [4.69, 9.17) is 11.6 Å². The lowest BCUT2D eigenvalue weighted by Gasteiger charge is -2.22. The SMILES string of the molecule is O=C(O)C1Cc2ccccc2N1C(=O)c1cnccc1Cl. The molecule has 1 N–H and O–H groups in total. The number of rotatable bonds is 2. The Balaban J connectivity index is 2.08. The fourth-order valence-corrected chi connectivity index (χ4v) is 2.69. The number of fused-ring (bicyclic) bond motifs is 1. The summed E-state index contributed by atoms with van der Waals surface area (Å²) in [5, 5.41) is 9.63. The lowest BCUT2D eigenvalue weighted by atomic mass is 10.1. The molecular weight excluding hydrogens is 292 g/mol. The number of carboxylic acids is 1. The van der Waals surface area contributed by atoms with E-state index in [0.29, 0.717) is 5.69 Å². The molecule has 1 aliphatic heterocycles. The third kappa shape index (κ3) is 2.25. The summed E-state index contributed by atoms with van der Waals surface area (Å²) in [6.07, 6.45) is 3.12. The Bertz CT molecular complexity index is 732. The number of para-hydroxylation sites is 1. The molecule has 21 heavy (non-hydrogen) atoms. The van der Waals surface area contributed by atoms with Crippen molar-refractivity contribution in [2.75, 3.05) is 4.90 Å². The van der Waals surface area contributed by atoms with E-state index in [1.165, 1.54) is 23.4 Å². The van der Waals surface area contributed by atoms with Crippen LogP contribution >= 0.6 is 11.6 Å². The number of aliphatic carboxylic acids is 1. The smallest absolute Gasteiger partial charge is 0.327 e. The van der Waals surface area contributed by atoms with Gasteiger partial charge < -0.3 is 5.11 Å². The Morgan fingerprint density at radius 1 is 1.29 bits per heavy atom. The van der Waals surface area contributed by atoms with E-state index < -0.39 is 17.9 Å². The minimum absolute atomic E-state index is 0.196. The van der Waals surface area contributed by atoms with Crippen molar-refractivity contribution in [2.24, 2.45) is 0 Å². The zero-order chi connectivity index (χ0) is 15.0. The first-order chi connectivity index (χ1) is 10.1. The fraction of sp³-hybridized carbons (Fsp3) is 0.133. The zero-order valence-corrected chi connectivity index (χ0v) is 11.6. The van der Waals surface area contributed by atoms with Crippen molar-refractivity contribution >= 4 is 29.2 Å². The molecule has 1 aliphatic rings. The molecule has 0 saturated heterocycles.